The van der Waals surface area contributed by atoms with E-state index >= 15 is 0 Å². The minimum Gasteiger partial charge on any atom is -0.352 e. The number of nitrogens with one attached hydrogen (secondary N) is 2. The molecule has 2 N–H and O–H groups in total. The Hall–Kier alpha value is -1.60. The van der Waals surface area contributed by atoms with Crippen LogP contribution in [0.15, 0.2) is 24.3 Å². The number of benzene rings is 1. The molecule has 1 aromatic carbocycles. The molecule has 7 heteroatoms. The minimum absolute atomic E-state index is 0.138. The lowest BCUT2D eigenvalue weighted by atomic mass is 10.0. The summed E-state index contributed by atoms with van der Waals surface area (Å²) in [5, 5.41) is 6.11. The number of thioether (sulfide) groups is 1. The van der Waals surface area contributed by atoms with Crippen LogP contribution in [0.1, 0.15) is 16.8 Å². The molecule has 0 bridgehead atoms. The van der Waals surface area contributed by atoms with E-state index in [4.69, 9.17) is 0 Å². The normalized spacial score (nSPS) is 24.0. The third-order valence-electron chi connectivity index (χ3n) is 4.24. The van der Waals surface area contributed by atoms with Gasteiger partial charge in [-0.05, 0) is 36.6 Å². The van der Waals surface area contributed by atoms with Crippen molar-refractivity contribution in [3.63, 3.8) is 0 Å². The van der Waals surface area contributed by atoms with Crippen molar-refractivity contribution in [1.82, 2.24) is 15.5 Å². The Morgan fingerprint density at radius 2 is 2.13 bits per heavy atom. The number of carbonyl (C=O) groups excluding carboxylic acids is 2. The van der Waals surface area contributed by atoms with Crippen LogP contribution in [0, 0.1) is 11.7 Å². The van der Waals surface area contributed by atoms with Crippen LogP contribution < -0.4 is 10.6 Å². The van der Waals surface area contributed by atoms with Gasteiger partial charge in [0.05, 0.1) is 11.9 Å². The molecule has 5 nitrogen and oxygen atoms in total. The third kappa shape index (κ3) is 4.03. The minimum atomic E-state index is -0.358. The van der Waals surface area contributed by atoms with Gasteiger partial charge in [-0.2, -0.15) is 0 Å². The van der Waals surface area contributed by atoms with Gasteiger partial charge in [0.1, 0.15) is 5.82 Å². The fourth-order valence-corrected chi connectivity index (χ4v) is 3.86. The van der Waals surface area contributed by atoms with E-state index in [1.807, 2.05) is 4.90 Å². The van der Waals surface area contributed by atoms with Crippen molar-refractivity contribution in [2.24, 2.45) is 5.92 Å². The lowest BCUT2D eigenvalue weighted by molar-refractivity contribution is -0.131. The zero-order valence-corrected chi connectivity index (χ0v) is 13.6. The smallest absolute Gasteiger partial charge is 0.251 e. The predicted octanol–water partition coefficient (Wildman–Crippen LogP) is 1.07. The van der Waals surface area contributed by atoms with Crippen molar-refractivity contribution in [1.29, 1.82) is 0 Å². The topological polar surface area (TPSA) is 61.4 Å². The molecule has 2 fully saturated rings. The maximum Gasteiger partial charge on any atom is 0.251 e. The van der Waals surface area contributed by atoms with Gasteiger partial charge in [0.15, 0.2) is 0 Å². The molecule has 0 aromatic heterocycles. The lowest BCUT2D eigenvalue weighted by Crippen LogP contribution is -2.42. The highest BCUT2D eigenvalue weighted by Gasteiger charge is 2.33. The molecule has 0 aliphatic carbocycles. The molecule has 0 radical (unpaired) electrons. The van der Waals surface area contributed by atoms with Crippen molar-refractivity contribution in [2.45, 2.75) is 12.5 Å². The Kier molecular flexibility index (Phi) is 5.17. The van der Waals surface area contributed by atoms with E-state index in [9.17, 15) is 14.0 Å². The van der Waals surface area contributed by atoms with Gasteiger partial charge in [0.2, 0.25) is 5.91 Å². The first-order valence-electron chi connectivity index (χ1n) is 7.77. The van der Waals surface area contributed by atoms with E-state index in [1.54, 1.807) is 11.8 Å². The van der Waals surface area contributed by atoms with Crippen LogP contribution >= 0.6 is 11.8 Å². The molecule has 2 saturated heterocycles. The zero-order valence-electron chi connectivity index (χ0n) is 12.8. The molecule has 0 saturated carbocycles. The molecule has 2 atom stereocenters. The van der Waals surface area contributed by atoms with Crippen LogP contribution in [0.5, 0.6) is 0 Å². The maximum absolute atomic E-state index is 12.9. The van der Waals surface area contributed by atoms with Crippen molar-refractivity contribution in [3.8, 4) is 0 Å². The number of carbonyl (C=O) groups is 2. The first-order chi connectivity index (χ1) is 11.1. The van der Waals surface area contributed by atoms with Gasteiger partial charge in [-0.1, -0.05) is 0 Å². The van der Waals surface area contributed by atoms with Gasteiger partial charge in [-0.25, -0.2) is 4.39 Å². The first-order valence-corrected chi connectivity index (χ1v) is 8.92. The standard InChI is InChI=1S/C16H20FN3O2S/c17-13-3-1-12(2-4-13)15(21)19-9-11-7-14(18-8-11)16(22)20-5-6-23-10-20/h1-4,11,14,18H,5-10H2,(H,19,21)/t11?,14-/m0/s1. The summed E-state index contributed by atoms with van der Waals surface area (Å²) in [5.74, 6) is 1.63. The molecule has 124 valence electrons. The monoisotopic (exact) mass is 337 g/mol. The van der Waals surface area contributed by atoms with Crippen LogP contribution in [0.4, 0.5) is 4.39 Å². The van der Waals surface area contributed by atoms with Gasteiger partial charge in [-0.15, -0.1) is 11.8 Å². The summed E-state index contributed by atoms with van der Waals surface area (Å²) >= 11 is 1.78. The van der Waals surface area contributed by atoms with Crippen LogP contribution in [-0.4, -0.2) is 54.0 Å². The van der Waals surface area contributed by atoms with E-state index in [-0.39, 0.29) is 29.6 Å². The summed E-state index contributed by atoms with van der Waals surface area (Å²) in [6, 6.07) is 5.34. The number of hydrogen-bond donors (Lipinski definition) is 2. The van der Waals surface area contributed by atoms with Crippen molar-refractivity contribution in [3.05, 3.63) is 35.6 Å². The summed E-state index contributed by atoms with van der Waals surface area (Å²) in [4.78, 5) is 26.2. The number of halogens is 1. The van der Waals surface area contributed by atoms with Gasteiger partial charge in [-0.3, -0.25) is 9.59 Å². The van der Waals surface area contributed by atoms with Gasteiger partial charge in [0.25, 0.3) is 5.91 Å². The van der Waals surface area contributed by atoms with Gasteiger partial charge >= 0.3 is 0 Å². The van der Waals surface area contributed by atoms with E-state index in [0.29, 0.717) is 12.1 Å². The number of nitrogens with zero attached hydrogens (tertiary/aromatic N) is 1. The van der Waals surface area contributed by atoms with E-state index in [0.717, 1.165) is 31.1 Å². The average Bonchev–Trinajstić information content (AvgIpc) is 3.24. The molecule has 3 rings (SSSR count). The number of hydrogen-bond acceptors (Lipinski definition) is 4. The molecule has 1 aromatic rings. The van der Waals surface area contributed by atoms with Crippen LogP contribution in [0.2, 0.25) is 0 Å². The van der Waals surface area contributed by atoms with Crippen LogP contribution in [-0.2, 0) is 4.79 Å². The quantitative estimate of drug-likeness (QED) is 0.863. The van der Waals surface area contributed by atoms with Gasteiger partial charge in [0, 0.05) is 31.0 Å². The zero-order chi connectivity index (χ0) is 16.2. The number of rotatable bonds is 4. The Morgan fingerprint density at radius 3 is 2.83 bits per heavy atom. The summed E-state index contributed by atoms with van der Waals surface area (Å²) < 4.78 is 12.9. The fourth-order valence-electron chi connectivity index (χ4n) is 2.90. The molecule has 0 spiro atoms. The Balaban J connectivity index is 1.45. The molecule has 2 aliphatic rings. The SMILES string of the molecule is O=C(NCC1CN[C@H](C(=O)N2CCSC2)C1)c1ccc(F)cc1. The van der Waals surface area contributed by atoms with E-state index in [1.165, 1.54) is 24.3 Å². The molecular weight excluding hydrogens is 317 g/mol. The largest absolute Gasteiger partial charge is 0.352 e. The summed E-state index contributed by atoms with van der Waals surface area (Å²) in [7, 11) is 0. The molecule has 2 heterocycles. The second-order valence-corrected chi connectivity index (χ2v) is 6.99. The maximum atomic E-state index is 12.9. The highest BCUT2D eigenvalue weighted by atomic mass is 32.2. The van der Waals surface area contributed by atoms with E-state index < -0.39 is 0 Å². The summed E-state index contributed by atoms with van der Waals surface area (Å²) in [6.45, 7) is 2.07. The molecular formula is C16H20FN3O2S. The Bertz CT molecular complexity index is 575. The molecule has 1 unspecified atom stereocenters. The number of amides is 2. The first kappa shape index (κ1) is 16.3. The molecule has 2 amide bonds. The average molecular weight is 337 g/mol. The van der Waals surface area contributed by atoms with Crippen LogP contribution in [0.25, 0.3) is 0 Å². The second kappa shape index (κ2) is 7.31. The second-order valence-electron chi connectivity index (χ2n) is 5.92. The van der Waals surface area contributed by atoms with Crippen molar-refractivity contribution in [2.75, 3.05) is 31.3 Å². The molecule has 23 heavy (non-hydrogen) atoms. The fraction of sp³-hybridized carbons (Fsp3) is 0.500. The van der Waals surface area contributed by atoms with Gasteiger partial charge < -0.3 is 15.5 Å². The predicted molar refractivity (Wildman–Crippen MR) is 87.7 cm³/mol. The summed E-state index contributed by atoms with van der Waals surface area (Å²) in [6.07, 6.45) is 0.740. The van der Waals surface area contributed by atoms with Crippen molar-refractivity contribution >= 4 is 23.6 Å². The summed E-state index contributed by atoms with van der Waals surface area (Å²) in [5.41, 5.74) is 0.444. The lowest BCUT2D eigenvalue weighted by Gasteiger charge is -2.19. The Morgan fingerprint density at radius 1 is 1.35 bits per heavy atom. The highest BCUT2D eigenvalue weighted by molar-refractivity contribution is 7.99. The van der Waals surface area contributed by atoms with Crippen LogP contribution in [0.3, 0.4) is 0 Å². The van der Waals surface area contributed by atoms with Crippen molar-refractivity contribution < 1.29 is 14.0 Å². The Labute approximate surface area is 139 Å². The highest BCUT2D eigenvalue weighted by Crippen LogP contribution is 2.20. The third-order valence-corrected chi connectivity index (χ3v) is 5.21. The molecule has 2 aliphatic heterocycles. The van der Waals surface area contributed by atoms with E-state index in [2.05, 4.69) is 10.6 Å².